The van der Waals surface area contributed by atoms with Crippen LogP contribution in [-0.2, 0) is 11.3 Å². The molecule has 9 heteroatoms. The van der Waals surface area contributed by atoms with Crippen molar-refractivity contribution in [3.63, 3.8) is 0 Å². The summed E-state index contributed by atoms with van der Waals surface area (Å²) in [7, 11) is 0. The van der Waals surface area contributed by atoms with Crippen LogP contribution in [0.1, 0.15) is 12.0 Å². The molecule has 0 radical (unpaired) electrons. The molecule has 0 bridgehead atoms. The Morgan fingerprint density at radius 2 is 1.93 bits per heavy atom. The van der Waals surface area contributed by atoms with E-state index in [1.54, 1.807) is 6.07 Å². The van der Waals surface area contributed by atoms with Crippen LogP contribution in [0.5, 0.6) is 0 Å². The van der Waals surface area contributed by atoms with Gasteiger partial charge in [0, 0.05) is 31.2 Å². The molecule has 1 unspecified atom stereocenters. The Morgan fingerprint density at radius 1 is 1.17 bits per heavy atom. The van der Waals surface area contributed by atoms with Gasteiger partial charge < -0.3 is 11.2 Å². The smallest absolute Gasteiger partial charge is 0.230 e. The molecule has 4 rings (SSSR count). The van der Waals surface area contributed by atoms with Gasteiger partial charge in [-0.25, -0.2) is 4.68 Å². The summed E-state index contributed by atoms with van der Waals surface area (Å²) in [4.78, 5) is 14.8. The van der Waals surface area contributed by atoms with E-state index in [0.717, 1.165) is 26.1 Å². The van der Waals surface area contributed by atoms with Crippen LogP contribution in [0, 0.1) is 0 Å². The van der Waals surface area contributed by atoms with Gasteiger partial charge in [-0.3, -0.25) is 9.69 Å². The van der Waals surface area contributed by atoms with E-state index in [-0.39, 0.29) is 17.7 Å². The number of nitrogen functional groups attached to an aromatic ring is 1. The minimum atomic E-state index is -0.0335. The lowest BCUT2D eigenvalue weighted by atomic mass is 10.2. The number of nitrogens with one attached hydrogen (secondary N) is 1. The average molecular weight is 443 g/mol. The predicted molar refractivity (Wildman–Crippen MR) is 120 cm³/mol. The third kappa shape index (κ3) is 4.95. The molecule has 1 amide bonds. The second kappa shape index (κ2) is 9.51. The number of thioether (sulfide) groups is 1. The summed E-state index contributed by atoms with van der Waals surface area (Å²) in [5, 5.41) is 12.4. The lowest BCUT2D eigenvalue weighted by Crippen LogP contribution is -2.38. The van der Waals surface area contributed by atoms with Crippen molar-refractivity contribution in [2.24, 2.45) is 0 Å². The maximum Gasteiger partial charge on any atom is 0.230 e. The summed E-state index contributed by atoms with van der Waals surface area (Å²) in [5.74, 6) is 6.78. The summed E-state index contributed by atoms with van der Waals surface area (Å²) in [6.45, 7) is 2.74. The van der Waals surface area contributed by atoms with Gasteiger partial charge in [-0.05, 0) is 24.1 Å². The normalized spacial score (nSPS) is 16.6. The van der Waals surface area contributed by atoms with Gasteiger partial charge >= 0.3 is 0 Å². The van der Waals surface area contributed by atoms with Crippen LogP contribution in [0.25, 0.3) is 11.4 Å². The van der Waals surface area contributed by atoms with Gasteiger partial charge in [0.25, 0.3) is 0 Å². The molecule has 1 aromatic heterocycles. The van der Waals surface area contributed by atoms with E-state index in [4.69, 9.17) is 17.4 Å². The summed E-state index contributed by atoms with van der Waals surface area (Å²) < 4.78 is 1.37. The lowest BCUT2D eigenvalue weighted by molar-refractivity contribution is -0.119. The third-order valence-electron chi connectivity index (χ3n) is 5.00. The number of benzene rings is 2. The van der Waals surface area contributed by atoms with Crippen molar-refractivity contribution >= 4 is 29.3 Å². The Kier molecular flexibility index (Phi) is 6.56. The van der Waals surface area contributed by atoms with Gasteiger partial charge in [0.05, 0.1) is 10.8 Å². The number of nitrogens with two attached hydrogens (primary N) is 1. The van der Waals surface area contributed by atoms with Gasteiger partial charge in [-0.1, -0.05) is 65.8 Å². The molecular formula is C21H23ClN6OS. The molecule has 1 aliphatic rings. The van der Waals surface area contributed by atoms with Gasteiger partial charge in [0.1, 0.15) is 0 Å². The fourth-order valence-corrected chi connectivity index (χ4v) is 4.42. The van der Waals surface area contributed by atoms with E-state index in [1.165, 1.54) is 22.0 Å². The van der Waals surface area contributed by atoms with Gasteiger partial charge in [0.2, 0.25) is 11.1 Å². The summed E-state index contributed by atoms with van der Waals surface area (Å²) >= 11 is 7.47. The first-order valence-electron chi connectivity index (χ1n) is 9.74. The zero-order chi connectivity index (χ0) is 20.9. The number of halogens is 1. The number of carbonyl (C=O) groups is 1. The van der Waals surface area contributed by atoms with Gasteiger partial charge in [-0.2, -0.15) is 0 Å². The van der Waals surface area contributed by atoms with E-state index in [2.05, 4.69) is 44.7 Å². The van der Waals surface area contributed by atoms with Crippen LogP contribution in [0.4, 0.5) is 0 Å². The monoisotopic (exact) mass is 442 g/mol. The number of hydrogen-bond donors (Lipinski definition) is 2. The molecule has 156 valence electrons. The molecule has 30 heavy (non-hydrogen) atoms. The molecular weight excluding hydrogens is 420 g/mol. The molecule has 1 saturated heterocycles. The molecule has 0 saturated carbocycles. The highest BCUT2D eigenvalue weighted by molar-refractivity contribution is 7.99. The van der Waals surface area contributed by atoms with Crippen molar-refractivity contribution in [2.75, 3.05) is 24.7 Å². The fourth-order valence-electron chi connectivity index (χ4n) is 3.54. The van der Waals surface area contributed by atoms with Crippen molar-refractivity contribution in [1.29, 1.82) is 0 Å². The topological polar surface area (TPSA) is 89.1 Å². The Morgan fingerprint density at radius 3 is 2.73 bits per heavy atom. The van der Waals surface area contributed by atoms with Gasteiger partial charge in [-0.15, -0.1) is 10.2 Å². The molecule has 3 N–H and O–H groups in total. The Hall–Kier alpha value is -2.55. The SMILES string of the molecule is Nn1c(SCC(=O)NC2CCN(Cc3ccccc3)C2)nnc1-c1ccccc1Cl. The molecule has 3 aromatic rings. The van der Waals surface area contributed by atoms with Crippen molar-refractivity contribution in [3.05, 3.63) is 65.2 Å². The lowest BCUT2D eigenvalue weighted by Gasteiger charge is -2.16. The average Bonchev–Trinajstić information content (AvgIpc) is 3.34. The first-order chi connectivity index (χ1) is 14.6. The highest BCUT2D eigenvalue weighted by atomic mass is 35.5. The Balaban J connectivity index is 1.27. The Bertz CT molecular complexity index is 1010. The van der Waals surface area contributed by atoms with Crippen molar-refractivity contribution < 1.29 is 4.79 Å². The van der Waals surface area contributed by atoms with Crippen LogP contribution in [0.2, 0.25) is 5.02 Å². The van der Waals surface area contributed by atoms with Crippen LogP contribution in [0.15, 0.2) is 59.8 Å². The molecule has 1 aliphatic heterocycles. The van der Waals surface area contributed by atoms with Crippen LogP contribution in [0.3, 0.4) is 0 Å². The van der Waals surface area contributed by atoms with Crippen LogP contribution >= 0.6 is 23.4 Å². The molecule has 0 spiro atoms. The molecule has 2 aromatic carbocycles. The zero-order valence-corrected chi connectivity index (χ0v) is 17.9. The standard InChI is InChI=1S/C21H23ClN6OS/c22-18-9-5-4-8-17(18)20-25-26-21(28(20)23)30-14-19(29)24-16-10-11-27(13-16)12-15-6-2-1-3-7-15/h1-9,16H,10-14,23H2,(H,24,29). The minimum absolute atomic E-state index is 0.0335. The number of hydrogen-bond acceptors (Lipinski definition) is 6. The zero-order valence-electron chi connectivity index (χ0n) is 16.4. The fraction of sp³-hybridized carbons (Fsp3) is 0.286. The summed E-state index contributed by atoms with van der Waals surface area (Å²) in [6.07, 6.45) is 0.951. The second-order valence-electron chi connectivity index (χ2n) is 7.22. The number of rotatable bonds is 7. The number of likely N-dealkylation sites (tertiary alicyclic amines) is 1. The number of carbonyl (C=O) groups excluding carboxylic acids is 1. The minimum Gasteiger partial charge on any atom is -0.351 e. The largest absolute Gasteiger partial charge is 0.351 e. The van der Waals surface area contributed by atoms with E-state index >= 15 is 0 Å². The van der Waals surface area contributed by atoms with E-state index in [9.17, 15) is 4.79 Å². The first kappa shape index (κ1) is 20.7. The van der Waals surface area contributed by atoms with E-state index < -0.39 is 0 Å². The number of amides is 1. The van der Waals surface area contributed by atoms with Crippen LogP contribution in [-0.4, -0.2) is 50.6 Å². The van der Waals surface area contributed by atoms with Gasteiger partial charge in [0.15, 0.2) is 5.82 Å². The molecule has 1 atom stereocenters. The maximum absolute atomic E-state index is 12.4. The summed E-state index contributed by atoms with van der Waals surface area (Å²) in [5.41, 5.74) is 1.99. The van der Waals surface area contributed by atoms with E-state index in [1.807, 2.05) is 24.3 Å². The molecule has 0 aliphatic carbocycles. The highest BCUT2D eigenvalue weighted by Crippen LogP contribution is 2.27. The van der Waals surface area contributed by atoms with Crippen LogP contribution < -0.4 is 11.2 Å². The molecule has 7 nitrogen and oxygen atoms in total. The quantitative estimate of drug-likeness (QED) is 0.432. The van der Waals surface area contributed by atoms with Crippen molar-refractivity contribution in [3.8, 4) is 11.4 Å². The highest BCUT2D eigenvalue weighted by Gasteiger charge is 2.24. The van der Waals surface area contributed by atoms with Crippen molar-refractivity contribution in [1.82, 2.24) is 25.1 Å². The van der Waals surface area contributed by atoms with Crippen molar-refractivity contribution in [2.45, 2.75) is 24.2 Å². The van der Waals surface area contributed by atoms with E-state index in [0.29, 0.717) is 21.6 Å². The summed E-state index contributed by atoms with van der Waals surface area (Å²) in [6, 6.07) is 17.8. The third-order valence-corrected chi connectivity index (χ3v) is 6.27. The first-order valence-corrected chi connectivity index (χ1v) is 11.1. The maximum atomic E-state index is 12.4. The molecule has 1 fully saturated rings. The Labute approximate surface area is 184 Å². The second-order valence-corrected chi connectivity index (χ2v) is 8.57. The number of aromatic nitrogens is 3. The molecule has 2 heterocycles. The predicted octanol–water partition coefficient (Wildman–Crippen LogP) is 2.80. The number of nitrogens with zero attached hydrogens (tertiary/aromatic N) is 4.